The number of piperidine rings is 1. The second-order valence-electron chi connectivity index (χ2n) is 6.21. The minimum absolute atomic E-state index is 0.170. The number of fused-ring (bicyclic) bond motifs is 1. The molecule has 5 nitrogen and oxygen atoms in total. The number of rotatable bonds is 3. The molecule has 2 aromatic rings. The number of nitrogens with zero attached hydrogens (tertiary/aromatic N) is 1. The van der Waals surface area contributed by atoms with Gasteiger partial charge in [0.25, 0.3) is 5.91 Å². The first-order valence-corrected chi connectivity index (χ1v) is 9.43. The summed E-state index contributed by atoms with van der Waals surface area (Å²) in [5, 5.41) is 2.98. The summed E-state index contributed by atoms with van der Waals surface area (Å²) in [6, 6.07) is 12.5. The molecule has 2 aromatic carbocycles. The van der Waals surface area contributed by atoms with Crippen LogP contribution in [0.2, 0.25) is 5.02 Å². The van der Waals surface area contributed by atoms with Gasteiger partial charge in [-0.1, -0.05) is 41.6 Å². The third kappa shape index (κ3) is 2.99. The van der Waals surface area contributed by atoms with E-state index in [1.165, 1.54) is 11.8 Å². The van der Waals surface area contributed by atoms with E-state index in [0.717, 1.165) is 15.4 Å². The average Bonchev–Trinajstić information content (AvgIpc) is 2.95. The number of amides is 3. The third-order valence-electron chi connectivity index (χ3n) is 4.60. The average molecular weight is 387 g/mol. The number of carbonyl (C=O) groups is 3. The molecule has 3 amide bonds. The Morgan fingerprint density at radius 2 is 1.81 bits per heavy atom. The molecular weight excluding hydrogens is 372 g/mol. The molecule has 1 unspecified atom stereocenters. The van der Waals surface area contributed by atoms with Gasteiger partial charge in [0.15, 0.2) is 0 Å². The Morgan fingerprint density at radius 1 is 1.04 bits per heavy atom. The lowest BCUT2D eigenvalue weighted by Crippen LogP contribution is -2.52. The third-order valence-corrected chi connectivity index (χ3v) is 6.22. The van der Waals surface area contributed by atoms with Gasteiger partial charge in [-0.15, -0.1) is 0 Å². The van der Waals surface area contributed by atoms with Gasteiger partial charge >= 0.3 is 0 Å². The standard InChI is InChI=1S/C19H15ClN2O3S/c20-13-5-1-2-6-16(13)26-15-7-3-4-11-12(15)10-22(19(11)25)14-8-9-17(23)21-18(14)24/h1-7,14H,8-10H2,(H,21,23,24). The fraction of sp³-hybridized carbons (Fsp3) is 0.211. The number of nitrogens with one attached hydrogen (secondary N) is 1. The quantitative estimate of drug-likeness (QED) is 0.822. The van der Waals surface area contributed by atoms with Crippen molar-refractivity contribution in [1.29, 1.82) is 0 Å². The van der Waals surface area contributed by atoms with Crippen LogP contribution in [0.5, 0.6) is 0 Å². The molecular formula is C19H15ClN2O3S. The topological polar surface area (TPSA) is 66.5 Å². The molecule has 0 bridgehead atoms. The van der Waals surface area contributed by atoms with Gasteiger partial charge in [0.05, 0.1) is 5.02 Å². The summed E-state index contributed by atoms with van der Waals surface area (Å²) in [5.41, 5.74) is 1.50. The van der Waals surface area contributed by atoms with Gasteiger partial charge < -0.3 is 4.90 Å². The number of carbonyl (C=O) groups excluding carboxylic acids is 3. The fourth-order valence-corrected chi connectivity index (χ4v) is 4.54. The Morgan fingerprint density at radius 3 is 2.58 bits per heavy atom. The highest BCUT2D eigenvalue weighted by molar-refractivity contribution is 7.99. The van der Waals surface area contributed by atoms with Crippen LogP contribution in [-0.4, -0.2) is 28.7 Å². The predicted octanol–water partition coefficient (Wildman–Crippen LogP) is 3.25. The van der Waals surface area contributed by atoms with Gasteiger partial charge in [-0.05, 0) is 36.2 Å². The number of imide groups is 1. The van der Waals surface area contributed by atoms with E-state index < -0.39 is 11.9 Å². The minimum Gasteiger partial charge on any atom is -0.322 e. The van der Waals surface area contributed by atoms with Crippen LogP contribution in [0.3, 0.4) is 0 Å². The summed E-state index contributed by atoms with van der Waals surface area (Å²) in [4.78, 5) is 39.8. The molecule has 0 saturated carbocycles. The van der Waals surface area contributed by atoms with E-state index in [1.54, 1.807) is 11.0 Å². The number of hydrogen-bond donors (Lipinski definition) is 1. The van der Waals surface area contributed by atoms with Gasteiger partial charge in [0.1, 0.15) is 6.04 Å². The lowest BCUT2D eigenvalue weighted by Gasteiger charge is -2.29. The molecule has 1 fully saturated rings. The molecule has 0 aromatic heterocycles. The Hall–Kier alpha value is -2.31. The zero-order chi connectivity index (χ0) is 18.3. The molecule has 2 heterocycles. The zero-order valence-electron chi connectivity index (χ0n) is 13.7. The molecule has 132 valence electrons. The second kappa shape index (κ2) is 6.78. The van der Waals surface area contributed by atoms with Crippen molar-refractivity contribution in [2.24, 2.45) is 0 Å². The second-order valence-corrected chi connectivity index (χ2v) is 7.71. The van der Waals surface area contributed by atoms with Gasteiger partial charge in [-0.3, -0.25) is 19.7 Å². The van der Waals surface area contributed by atoms with Crippen LogP contribution in [0, 0.1) is 0 Å². The SMILES string of the molecule is O=C1CCC(N2Cc3c(Sc4ccccc4Cl)cccc3C2=O)C(=O)N1. The molecule has 4 rings (SSSR count). The zero-order valence-corrected chi connectivity index (χ0v) is 15.3. The smallest absolute Gasteiger partial charge is 0.255 e. The van der Waals surface area contributed by atoms with Crippen molar-refractivity contribution in [1.82, 2.24) is 10.2 Å². The van der Waals surface area contributed by atoms with E-state index in [1.807, 2.05) is 36.4 Å². The summed E-state index contributed by atoms with van der Waals surface area (Å²) in [7, 11) is 0. The Kier molecular flexibility index (Phi) is 4.46. The molecule has 0 aliphatic carbocycles. The first-order valence-electron chi connectivity index (χ1n) is 8.23. The largest absolute Gasteiger partial charge is 0.322 e. The Labute approximate surface area is 159 Å². The highest BCUT2D eigenvalue weighted by Gasteiger charge is 2.39. The van der Waals surface area contributed by atoms with Crippen molar-refractivity contribution < 1.29 is 14.4 Å². The molecule has 0 radical (unpaired) electrons. The number of halogens is 1. The van der Waals surface area contributed by atoms with E-state index in [0.29, 0.717) is 23.6 Å². The normalized spacial score (nSPS) is 19.5. The number of hydrogen-bond acceptors (Lipinski definition) is 4. The first-order chi connectivity index (χ1) is 12.5. The van der Waals surface area contributed by atoms with Gasteiger partial charge in [-0.2, -0.15) is 0 Å². The van der Waals surface area contributed by atoms with E-state index in [-0.39, 0.29) is 18.2 Å². The van der Waals surface area contributed by atoms with E-state index in [2.05, 4.69) is 5.32 Å². The van der Waals surface area contributed by atoms with Crippen LogP contribution >= 0.6 is 23.4 Å². The molecule has 1 N–H and O–H groups in total. The number of benzene rings is 2. The van der Waals surface area contributed by atoms with Crippen LogP contribution in [0.15, 0.2) is 52.3 Å². The van der Waals surface area contributed by atoms with Crippen molar-refractivity contribution in [2.45, 2.75) is 35.2 Å². The highest BCUT2D eigenvalue weighted by atomic mass is 35.5. The predicted molar refractivity (Wildman–Crippen MR) is 98.1 cm³/mol. The van der Waals surface area contributed by atoms with E-state index in [4.69, 9.17) is 11.6 Å². The summed E-state index contributed by atoms with van der Waals surface area (Å²) in [6.07, 6.45) is 0.606. The highest BCUT2D eigenvalue weighted by Crippen LogP contribution is 2.39. The molecule has 7 heteroatoms. The van der Waals surface area contributed by atoms with Gasteiger partial charge in [-0.25, -0.2) is 0 Å². The lowest BCUT2D eigenvalue weighted by atomic mass is 10.0. The van der Waals surface area contributed by atoms with Crippen molar-refractivity contribution in [3.05, 3.63) is 58.6 Å². The van der Waals surface area contributed by atoms with Gasteiger partial charge in [0, 0.05) is 28.3 Å². The Bertz CT molecular complexity index is 931. The molecule has 0 spiro atoms. The summed E-state index contributed by atoms with van der Waals surface area (Å²) >= 11 is 7.76. The minimum atomic E-state index is -0.606. The molecule has 1 atom stereocenters. The summed E-state index contributed by atoms with van der Waals surface area (Å²) < 4.78 is 0. The fourth-order valence-electron chi connectivity index (χ4n) is 3.30. The molecule has 2 aliphatic heterocycles. The molecule has 26 heavy (non-hydrogen) atoms. The van der Waals surface area contributed by atoms with Crippen molar-refractivity contribution in [2.75, 3.05) is 0 Å². The maximum atomic E-state index is 12.8. The van der Waals surface area contributed by atoms with Crippen molar-refractivity contribution >= 4 is 41.1 Å². The maximum Gasteiger partial charge on any atom is 0.255 e. The summed E-state index contributed by atoms with van der Waals surface area (Å²) in [6.45, 7) is 0.355. The van der Waals surface area contributed by atoms with Crippen LogP contribution in [0.4, 0.5) is 0 Å². The van der Waals surface area contributed by atoms with Crippen LogP contribution < -0.4 is 5.32 Å². The van der Waals surface area contributed by atoms with Crippen molar-refractivity contribution in [3.63, 3.8) is 0 Å². The molecule has 2 aliphatic rings. The van der Waals surface area contributed by atoms with E-state index >= 15 is 0 Å². The van der Waals surface area contributed by atoms with Crippen LogP contribution in [0.1, 0.15) is 28.8 Å². The monoisotopic (exact) mass is 386 g/mol. The van der Waals surface area contributed by atoms with Crippen LogP contribution in [0.25, 0.3) is 0 Å². The Balaban J connectivity index is 1.63. The first kappa shape index (κ1) is 17.1. The summed E-state index contributed by atoms with van der Waals surface area (Å²) in [5.74, 6) is -0.857. The maximum absolute atomic E-state index is 12.8. The van der Waals surface area contributed by atoms with Gasteiger partial charge in [0.2, 0.25) is 11.8 Å². The lowest BCUT2D eigenvalue weighted by molar-refractivity contribution is -0.136. The van der Waals surface area contributed by atoms with E-state index in [9.17, 15) is 14.4 Å². The molecule has 1 saturated heterocycles. The van der Waals surface area contributed by atoms with Crippen molar-refractivity contribution in [3.8, 4) is 0 Å². The van der Waals surface area contributed by atoms with Crippen LogP contribution in [-0.2, 0) is 16.1 Å².